The number of rotatable bonds is 2. The molecule has 0 saturated carbocycles. The van der Waals surface area contributed by atoms with Crippen molar-refractivity contribution in [3.05, 3.63) is 53.6 Å². The van der Waals surface area contributed by atoms with Crippen LogP contribution in [0, 0.1) is 0 Å². The summed E-state index contributed by atoms with van der Waals surface area (Å²) in [6, 6.07) is 14.9. The van der Waals surface area contributed by atoms with E-state index in [1.54, 1.807) is 7.11 Å². The first-order chi connectivity index (χ1) is 10.4. The van der Waals surface area contributed by atoms with Gasteiger partial charge in [0.2, 0.25) is 0 Å². The van der Waals surface area contributed by atoms with E-state index in [-0.39, 0.29) is 6.04 Å². The second-order valence-corrected chi connectivity index (χ2v) is 5.63. The summed E-state index contributed by atoms with van der Waals surface area (Å²) in [5.41, 5.74) is 3.90. The van der Waals surface area contributed by atoms with Gasteiger partial charge in [-0.1, -0.05) is 30.3 Å². The molecule has 4 rings (SSSR count). The molecule has 0 fully saturated rings. The van der Waals surface area contributed by atoms with E-state index < -0.39 is 0 Å². The highest BCUT2D eigenvalue weighted by atomic mass is 16.5. The van der Waals surface area contributed by atoms with Crippen LogP contribution in [0.25, 0.3) is 0 Å². The van der Waals surface area contributed by atoms with Gasteiger partial charge in [-0.25, -0.2) is 0 Å². The fraction of sp³-hybridized carbons (Fsp3) is 0.333. The fourth-order valence-corrected chi connectivity index (χ4v) is 3.53. The summed E-state index contributed by atoms with van der Waals surface area (Å²) in [6.07, 6.45) is 2.34. The molecule has 1 unspecified atom stereocenters. The standard InChI is InChI=1S/C18H19NO2/c1-20-16-9-3-2-8-14(16)15-12-21-17-10-4-6-13-7-5-11-19(15)18(13)17/h2-4,6,8-10,15H,5,7,11-12H2,1H3. The van der Waals surface area contributed by atoms with Crippen LogP contribution in [0.1, 0.15) is 23.6 Å². The molecule has 2 aromatic carbocycles. The monoisotopic (exact) mass is 281 g/mol. The Morgan fingerprint density at radius 3 is 2.95 bits per heavy atom. The third kappa shape index (κ3) is 1.96. The fourth-order valence-electron chi connectivity index (χ4n) is 3.53. The number of benzene rings is 2. The van der Waals surface area contributed by atoms with Gasteiger partial charge in [-0.3, -0.25) is 0 Å². The molecular weight excluding hydrogens is 262 g/mol. The van der Waals surface area contributed by atoms with E-state index in [0.29, 0.717) is 6.61 Å². The molecule has 2 heterocycles. The molecule has 2 aliphatic rings. The minimum Gasteiger partial charge on any atom is -0.496 e. The first kappa shape index (κ1) is 12.6. The molecule has 0 radical (unpaired) electrons. The predicted octanol–water partition coefficient (Wildman–Crippen LogP) is 3.58. The molecule has 2 aliphatic heterocycles. The van der Waals surface area contributed by atoms with Gasteiger partial charge in [-0.15, -0.1) is 0 Å². The Balaban J connectivity index is 1.81. The molecule has 0 spiro atoms. The first-order valence-electron chi connectivity index (χ1n) is 7.53. The van der Waals surface area contributed by atoms with Crippen LogP contribution in [-0.4, -0.2) is 20.3 Å². The van der Waals surface area contributed by atoms with Gasteiger partial charge in [-0.05, 0) is 30.5 Å². The van der Waals surface area contributed by atoms with Crippen molar-refractivity contribution in [1.82, 2.24) is 0 Å². The van der Waals surface area contributed by atoms with Crippen molar-refractivity contribution in [3.63, 3.8) is 0 Å². The van der Waals surface area contributed by atoms with Crippen molar-refractivity contribution >= 4 is 5.69 Å². The Morgan fingerprint density at radius 2 is 2.05 bits per heavy atom. The van der Waals surface area contributed by atoms with E-state index in [9.17, 15) is 0 Å². The van der Waals surface area contributed by atoms with Crippen molar-refractivity contribution in [2.24, 2.45) is 0 Å². The van der Waals surface area contributed by atoms with Gasteiger partial charge < -0.3 is 14.4 Å². The van der Waals surface area contributed by atoms with Crippen molar-refractivity contribution in [2.45, 2.75) is 18.9 Å². The smallest absolute Gasteiger partial charge is 0.143 e. The van der Waals surface area contributed by atoms with Crippen LogP contribution >= 0.6 is 0 Å². The number of aryl methyl sites for hydroxylation is 1. The maximum Gasteiger partial charge on any atom is 0.143 e. The van der Waals surface area contributed by atoms with Gasteiger partial charge in [0.15, 0.2) is 0 Å². The zero-order valence-electron chi connectivity index (χ0n) is 12.2. The SMILES string of the molecule is COc1ccccc1C1COc2cccc3c2N1CCC3. The molecule has 21 heavy (non-hydrogen) atoms. The molecule has 0 bridgehead atoms. The summed E-state index contributed by atoms with van der Waals surface area (Å²) in [5.74, 6) is 1.97. The number of hydrogen-bond donors (Lipinski definition) is 0. The zero-order valence-corrected chi connectivity index (χ0v) is 12.2. The van der Waals surface area contributed by atoms with Gasteiger partial charge in [0.25, 0.3) is 0 Å². The summed E-state index contributed by atoms with van der Waals surface area (Å²) in [7, 11) is 1.73. The Bertz CT molecular complexity index is 654. The highest BCUT2D eigenvalue weighted by Crippen LogP contribution is 2.45. The predicted molar refractivity (Wildman–Crippen MR) is 83.3 cm³/mol. The maximum absolute atomic E-state index is 6.04. The lowest BCUT2D eigenvalue weighted by Gasteiger charge is -2.42. The van der Waals surface area contributed by atoms with Crippen molar-refractivity contribution in [1.29, 1.82) is 0 Å². The third-order valence-corrected chi connectivity index (χ3v) is 4.49. The lowest BCUT2D eigenvalue weighted by Crippen LogP contribution is -2.40. The number of ether oxygens (including phenoxy) is 2. The van der Waals surface area contributed by atoms with E-state index in [1.165, 1.54) is 23.2 Å². The van der Waals surface area contributed by atoms with Crippen LogP contribution in [0.15, 0.2) is 42.5 Å². The Labute approximate surface area is 125 Å². The number of nitrogens with zero attached hydrogens (tertiary/aromatic N) is 1. The molecule has 108 valence electrons. The van der Waals surface area contributed by atoms with E-state index in [1.807, 2.05) is 12.1 Å². The molecular formula is C18H19NO2. The normalized spacial score (nSPS) is 19.7. The molecule has 0 amide bonds. The van der Waals surface area contributed by atoms with Crippen molar-refractivity contribution in [3.8, 4) is 11.5 Å². The van der Waals surface area contributed by atoms with Crippen molar-refractivity contribution < 1.29 is 9.47 Å². The molecule has 3 nitrogen and oxygen atoms in total. The summed E-state index contributed by atoms with van der Waals surface area (Å²) >= 11 is 0. The van der Waals surface area contributed by atoms with E-state index in [2.05, 4.69) is 35.2 Å². The number of para-hydroxylation sites is 2. The van der Waals surface area contributed by atoms with E-state index in [4.69, 9.17) is 9.47 Å². The lowest BCUT2D eigenvalue weighted by molar-refractivity contribution is 0.256. The quantitative estimate of drug-likeness (QED) is 0.840. The molecule has 0 saturated heterocycles. The molecule has 2 aromatic rings. The van der Waals surface area contributed by atoms with Gasteiger partial charge in [0.05, 0.1) is 18.8 Å². The van der Waals surface area contributed by atoms with E-state index in [0.717, 1.165) is 24.5 Å². The first-order valence-corrected chi connectivity index (χ1v) is 7.53. The van der Waals surface area contributed by atoms with Crippen LogP contribution in [0.3, 0.4) is 0 Å². The Kier molecular flexibility index (Phi) is 2.99. The van der Waals surface area contributed by atoms with Crippen LogP contribution < -0.4 is 14.4 Å². The average Bonchev–Trinajstić information content (AvgIpc) is 2.56. The van der Waals surface area contributed by atoms with Crippen LogP contribution in [0.4, 0.5) is 5.69 Å². The molecule has 0 aliphatic carbocycles. The summed E-state index contributed by atoms with van der Waals surface area (Å²) in [4.78, 5) is 2.50. The molecule has 0 aromatic heterocycles. The topological polar surface area (TPSA) is 21.7 Å². The van der Waals surface area contributed by atoms with Crippen molar-refractivity contribution in [2.75, 3.05) is 25.2 Å². The minimum absolute atomic E-state index is 0.232. The van der Waals surface area contributed by atoms with Crippen LogP contribution in [-0.2, 0) is 6.42 Å². The number of hydrogen-bond acceptors (Lipinski definition) is 3. The molecule has 0 N–H and O–H groups in total. The second kappa shape index (κ2) is 4.99. The van der Waals surface area contributed by atoms with Gasteiger partial charge >= 0.3 is 0 Å². The average molecular weight is 281 g/mol. The highest BCUT2D eigenvalue weighted by Gasteiger charge is 2.33. The maximum atomic E-state index is 6.04. The summed E-state index contributed by atoms with van der Waals surface area (Å²) in [6.45, 7) is 1.76. The lowest BCUT2D eigenvalue weighted by atomic mass is 9.95. The molecule has 3 heteroatoms. The molecule has 1 atom stereocenters. The zero-order chi connectivity index (χ0) is 14.2. The second-order valence-electron chi connectivity index (χ2n) is 5.63. The van der Waals surface area contributed by atoms with Gasteiger partial charge in [0, 0.05) is 12.1 Å². The van der Waals surface area contributed by atoms with Gasteiger partial charge in [0.1, 0.15) is 18.1 Å². The summed E-state index contributed by atoms with van der Waals surface area (Å²) in [5, 5.41) is 0. The van der Waals surface area contributed by atoms with E-state index >= 15 is 0 Å². The van der Waals surface area contributed by atoms with Gasteiger partial charge in [-0.2, -0.15) is 0 Å². The van der Waals surface area contributed by atoms with Crippen LogP contribution in [0.2, 0.25) is 0 Å². The number of anilines is 1. The minimum atomic E-state index is 0.232. The summed E-state index contributed by atoms with van der Waals surface area (Å²) < 4.78 is 11.6. The van der Waals surface area contributed by atoms with Crippen LogP contribution in [0.5, 0.6) is 11.5 Å². The number of methoxy groups -OCH3 is 1. The largest absolute Gasteiger partial charge is 0.496 e. The Morgan fingerprint density at radius 1 is 1.14 bits per heavy atom. The Hall–Kier alpha value is -2.16. The highest BCUT2D eigenvalue weighted by molar-refractivity contribution is 5.68. The third-order valence-electron chi connectivity index (χ3n) is 4.49.